The Labute approximate surface area is 83.4 Å². The lowest BCUT2D eigenvalue weighted by Crippen LogP contribution is -2.42. The molecular formula is C9H17N3O2. The van der Waals surface area contributed by atoms with Crippen LogP contribution in [0.1, 0.15) is 25.7 Å². The summed E-state index contributed by atoms with van der Waals surface area (Å²) in [7, 11) is 0. The first-order valence-electron chi connectivity index (χ1n) is 4.94. The zero-order chi connectivity index (χ0) is 10.6. The average Bonchev–Trinajstić information content (AvgIpc) is 2.65. The number of nitrogens with two attached hydrogens (primary N) is 2. The van der Waals surface area contributed by atoms with E-state index in [2.05, 4.69) is 0 Å². The van der Waals surface area contributed by atoms with Crippen LogP contribution in [0.3, 0.4) is 0 Å². The molecule has 1 heterocycles. The Hall–Kier alpha value is -1.10. The number of hydrogen-bond donors (Lipinski definition) is 2. The molecule has 5 nitrogen and oxygen atoms in total. The Morgan fingerprint density at radius 1 is 1.29 bits per heavy atom. The lowest BCUT2D eigenvalue weighted by Gasteiger charge is -2.19. The van der Waals surface area contributed by atoms with E-state index in [-0.39, 0.29) is 12.3 Å². The molecule has 80 valence electrons. The van der Waals surface area contributed by atoms with Crippen molar-refractivity contribution in [3.05, 3.63) is 0 Å². The molecule has 1 aliphatic rings. The lowest BCUT2D eigenvalue weighted by molar-refractivity contribution is -0.131. The van der Waals surface area contributed by atoms with Gasteiger partial charge < -0.3 is 16.4 Å². The summed E-state index contributed by atoms with van der Waals surface area (Å²) in [5, 5.41) is 0. The summed E-state index contributed by atoms with van der Waals surface area (Å²) in [5.41, 5.74) is 10.6. The van der Waals surface area contributed by atoms with Gasteiger partial charge in [0.15, 0.2) is 0 Å². The summed E-state index contributed by atoms with van der Waals surface area (Å²) in [6, 6.07) is -0.569. The van der Waals surface area contributed by atoms with Crippen molar-refractivity contribution in [1.82, 2.24) is 4.90 Å². The van der Waals surface area contributed by atoms with Crippen molar-refractivity contribution in [3.63, 3.8) is 0 Å². The second-order valence-electron chi connectivity index (χ2n) is 3.64. The van der Waals surface area contributed by atoms with Crippen molar-refractivity contribution < 1.29 is 9.59 Å². The first kappa shape index (κ1) is 11.0. The van der Waals surface area contributed by atoms with Gasteiger partial charge in [-0.2, -0.15) is 0 Å². The molecule has 1 rings (SSSR count). The molecule has 1 aliphatic heterocycles. The highest BCUT2D eigenvalue weighted by atomic mass is 16.2. The third kappa shape index (κ3) is 2.99. The second kappa shape index (κ2) is 4.95. The molecule has 0 aliphatic carbocycles. The summed E-state index contributed by atoms with van der Waals surface area (Å²) < 4.78 is 0. The van der Waals surface area contributed by atoms with Gasteiger partial charge in [0.05, 0.1) is 6.04 Å². The van der Waals surface area contributed by atoms with Gasteiger partial charge in [-0.1, -0.05) is 0 Å². The van der Waals surface area contributed by atoms with Crippen LogP contribution in [-0.2, 0) is 9.59 Å². The van der Waals surface area contributed by atoms with Crippen molar-refractivity contribution in [2.75, 3.05) is 13.1 Å². The molecule has 1 saturated heterocycles. The molecule has 2 amide bonds. The van der Waals surface area contributed by atoms with Crippen molar-refractivity contribution in [2.45, 2.75) is 31.7 Å². The molecule has 1 fully saturated rings. The van der Waals surface area contributed by atoms with E-state index < -0.39 is 11.9 Å². The van der Waals surface area contributed by atoms with Crippen LogP contribution in [-0.4, -0.2) is 35.8 Å². The highest BCUT2D eigenvalue weighted by molar-refractivity contribution is 5.83. The smallest absolute Gasteiger partial charge is 0.239 e. The number of nitrogens with zero attached hydrogens (tertiary/aromatic N) is 1. The molecule has 4 N–H and O–H groups in total. The Bertz CT molecular complexity index is 224. The summed E-state index contributed by atoms with van der Waals surface area (Å²) in [5.74, 6) is -0.460. The first-order chi connectivity index (χ1) is 6.61. The maximum absolute atomic E-state index is 11.6. The van der Waals surface area contributed by atoms with Crippen LogP contribution in [0.4, 0.5) is 0 Å². The summed E-state index contributed by atoms with van der Waals surface area (Å²) >= 11 is 0. The minimum absolute atomic E-state index is 0.0521. The van der Waals surface area contributed by atoms with Gasteiger partial charge in [0.25, 0.3) is 0 Å². The third-order valence-corrected chi connectivity index (χ3v) is 2.44. The number of primary amides is 1. The molecule has 0 radical (unpaired) electrons. The molecule has 0 aromatic carbocycles. The predicted octanol–water partition coefficient (Wildman–Crippen LogP) is -0.798. The Kier molecular flexibility index (Phi) is 3.88. The molecule has 0 bridgehead atoms. The Balaban J connectivity index is 2.31. The maximum Gasteiger partial charge on any atom is 0.239 e. The van der Waals surface area contributed by atoms with Gasteiger partial charge in [0, 0.05) is 19.5 Å². The summed E-state index contributed by atoms with van der Waals surface area (Å²) in [6.45, 7) is 1.59. The Morgan fingerprint density at radius 3 is 2.36 bits per heavy atom. The van der Waals surface area contributed by atoms with Crippen LogP contribution in [0.2, 0.25) is 0 Å². The second-order valence-corrected chi connectivity index (χ2v) is 3.64. The highest BCUT2D eigenvalue weighted by Gasteiger charge is 2.23. The van der Waals surface area contributed by atoms with Gasteiger partial charge in [0.1, 0.15) is 0 Å². The van der Waals surface area contributed by atoms with Crippen LogP contribution in [0, 0.1) is 0 Å². The minimum Gasteiger partial charge on any atom is -0.370 e. The Morgan fingerprint density at radius 2 is 1.86 bits per heavy atom. The highest BCUT2D eigenvalue weighted by Crippen LogP contribution is 2.10. The number of carbonyl (C=O) groups is 2. The SMILES string of the molecule is NC(=O)CC[C@H](N)C(=O)N1CCCC1. The molecule has 0 spiro atoms. The largest absolute Gasteiger partial charge is 0.370 e. The number of amides is 2. The molecule has 0 aromatic heterocycles. The first-order valence-corrected chi connectivity index (χ1v) is 4.94. The number of rotatable bonds is 4. The summed E-state index contributed by atoms with van der Waals surface area (Å²) in [6.07, 6.45) is 2.63. The van der Waals surface area contributed by atoms with E-state index in [4.69, 9.17) is 11.5 Å². The number of carbonyl (C=O) groups excluding carboxylic acids is 2. The fourth-order valence-corrected chi connectivity index (χ4v) is 1.59. The maximum atomic E-state index is 11.6. The van der Waals surface area contributed by atoms with Gasteiger partial charge in [-0.25, -0.2) is 0 Å². The van der Waals surface area contributed by atoms with Crippen molar-refractivity contribution in [2.24, 2.45) is 11.5 Å². The molecule has 0 saturated carbocycles. The van der Waals surface area contributed by atoms with Crippen molar-refractivity contribution in [3.8, 4) is 0 Å². The van der Waals surface area contributed by atoms with Gasteiger partial charge in [-0.3, -0.25) is 9.59 Å². The van der Waals surface area contributed by atoms with E-state index >= 15 is 0 Å². The van der Waals surface area contributed by atoms with Gasteiger partial charge >= 0.3 is 0 Å². The van der Waals surface area contributed by atoms with E-state index in [1.807, 2.05) is 0 Å². The molecule has 14 heavy (non-hydrogen) atoms. The standard InChI is InChI=1S/C9H17N3O2/c10-7(3-4-8(11)13)9(14)12-5-1-2-6-12/h7H,1-6,10H2,(H2,11,13)/t7-/m0/s1. The van der Waals surface area contributed by atoms with Crippen LogP contribution >= 0.6 is 0 Å². The number of hydrogen-bond acceptors (Lipinski definition) is 3. The molecule has 5 heteroatoms. The fourth-order valence-electron chi connectivity index (χ4n) is 1.59. The lowest BCUT2D eigenvalue weighted by atomic mass is 10.1. The predicted molar refractivity (Wildman–Crippen MR) is 52.2 cm³/mol. The average molecular weight is 199 g/mol. The van der Waals surface area contributed by atoms with E-state index in [1.165, 1.54) is 0 Å². The monoisotopic (exact) mass is 199 g/mol. The van der Waals surface area contributed by atoms with E-state index in [0.717, 1.165) is 25.9 Å². The zero-order valence-corrected chi connectivity index (χ0v) is 8.24. The topological polar surface area (TPSA) is 89.4 Å². The van der Waals surface area contributed by atoms with Crippen molar-refractivity contribution >= 4 is 11.8 Å². The van der Waals surface area contributed by atoms with E-state index in [9.17, 15) is 9.59 Å². The van der Waals surface area contributed by atoms with Gasteiger partial charge in [-0.15, -0.1) is 0 Å². The summed E-state index contributed by atoms with van der Waals surface area (Å²) in [4.78, 5) is 23.9. The normalized spacial score (nSPS) is 18.2. The van der Waals surface area contributed by atoms with Crippen LogP contribution < -0.4 is 11.5 Å². The molecular weight excluding hydrogens is 182 g/mol. The van der Waals surface area contributed by atoms with E-state index in [1.54, 1.807) is 4.90 Å². The zero-order valence-electron chi connectivity index (χ0n) is 8.24. The van der Waals surface area contributed by atoms with Gasteiger partial charge in [-0.05, 0) is 19.3 Å². The molecule has 0 unspecified atom stereocenters. The third-order valence-electron chi connectivity index (χ3n) is 2.44. The minimum atomic E-state index is -0.569. The number of likely N-dealkylation sites (tertiary alicyclic amines) is 1. The molecule has 1 atom stereocenters. The molecule has 0 aromatic rings. The van der Waals surface area contributed by atoms with Gasteiger partial charge in [0.2, 0.25) is 11.8 Å². The van der Waals surface area contributed by atoms with E-state index in [0.29, 0.717) is 6.42 Å². The quantitative estimate of drug-likeness (QED) is 0.621. The fraction of sp³-hybridized carbons (Fsp3) is 0.778. The van der Waals surface area contributed by atoms with Crippen LogP contribution in [0.15, 0.2) is 0 Å². The van der Waals surface area contributed by atoms with Crippen LogP contribution in [0.5, 0.6) is 0 Å². The van der Waals surface area contributed by atoms with Crippen molar-refractivity contribution in [1.29, 1.82) is 0 Å². The van der Waals surface area contributed by atoms with Crippen LogP contribution in [0.25, 0.3) is 0 Å².